The highest BCUT2D eigenvalue weighted by atomic mass is 32.2. The molecule has 0 spiro atoms. The Balaban J connectivity index is 1.30. The summed E-state index contributed by atoms with van der Waals surface area (Å²) in [5.41, 5.74) is 0.111. The predicted molar refractivity (Wildman–Crippen MR) is 144 cm³/mol. The lowest BCUT2D eigenvalue weighted by Gasteiger charge is -2.18. The van der Waals surface area contributed by atoms with Crippen molar-refractivity contribution in [3.05, 3.63) is 71.7 Å². The van der Waals surface area contributed by atoms with Crippen LogP contribution in [0, 0.1) is 17.6 Å². The zero-order valence-electron chi connectivity index (χ0n) is 21.1. The third-order valence-electron chi connectivity index (χ3n) is 7.03. The summed E-state index contributed by atoms with van der Waals surface area (Å²) in [6.07, 6.45) is 7.53. The molecule has 10 nitrogen and oxygen atoms in total. The third kappa shape index (κ3) is 4.93. The molecule has 0 unspecified atom stereocenters. The number of nitrogens with zero attached hydrogens (tertiary/aromatic N) is 3. The van der Waals surface area contributed by atoms with E-state index in [1.165, 1.54) is 10.5 Å². The van der Waals surface area contributed by atoms with E-state index >= 15 is 4.39 Å². The maximum Gasteiger partial charge on any atom is 0.301 e. The molecule has 1 aliphatic carbocycles. The van der Waals surface area contributed by atoms with Gasteiger partial charge in [0.25, 0.3) is 0 Å². The SMILES string of the molecule is O=C(c1c(F)ccc(NS(=O)(=O)N2CCCC2)c1F)c1c[nH]c2ncc(-c3ccc(NC(=O)C4CC4)nc3)cc12. The number of carbonyl (C=O) groups is 2. The summed E-state index contributed by atoms with van der Waals surface area (Å²) in [5.74, 6) is -3.01. The standard InChI is InChI=1S/C27H24F2N6O4S/c28-20-6-7-21(34-40(38,39)35-9-1-2-10-35)24(29)23(20)25(36)19-14-32-26-18(19)11-17(13-31-26)16-5-8-22(30-12-16)33-27(37)15-3-4-15/h5-8,11-15,34H,1-4,9-10H2,(H,31,32)(H,30,33,37). The van der Waals surface area contributed by atoms with Crippen LogP contribution in [-0.4, -0.2) is 52.5 Å². The molecule has 206 valence electrons. The Hall–Kier alpha value is -4.23. The van der Waals surface area contributed by atoms with E-state index in [0.29, 0.717) is 53.9 Å². The Bertz CT molecular complexity index is 1750. The second kappa shape index (κ2) is 10.1. The van der Waals surface area contributed by atoms with E-state index < -0.39 is 38.9 Å². The van der Waals surface area contributed by atoms with Gasteiger partial charge >= 0.3 is 10.2 Å². The summed E-state index contributed by atoms with van der Waals surface area (Å²) in [6.45, 7) is 0.587. The lowest BCUT2D eigenvalue weighted by Crippen LogP contribution is -2.33. The number of carbonyl (C=O) groups excluding carboxylic acids is 2. The molecule has 1 saturated heterocycles. The number of anilines is 2. The van der Waals surface area contributed by atoms with Crippen molar-refractivity contribution in [2.75, 3.05) is 23.1 Å². The number of hydrogen-bond acceptors (Lipinski definition) is 6. The molecule has 0 bridgehead atoms. The van der Waals surface area contributed by atoms with Crippen LogP contribution in [0.5, 0.6) is 0 Å². The van der Waals surface area contributed by atoms with Gasteiger partial charge in [-0.3, -0.25) is 14.3 Å². The first-order valence-electron chi connectivity index (χ1n) is 12.8. The first kappa shape index (κ1) is 26.0. The Morgan fingerprint density at radius 2 is 1.75 bits per heavy atom. The molecule has 1 aliphatic heterocycles. The van der Waals surface area contributed by atoms with Gasteiger partial charge in [0, 0.05) is 59.7 Å². The molecule has 1 amide bonds. The second-order valence-corrected chi connectivity index (χ2v) is 11.5. The molecule has 1 aromatic carbocycles. The molecule has 6 rings (SSSR count). The average Bonchev–Trinajstić information content (AvgIpc) is 3.46. The van der Waals surface area contributed by atoms with Gasteiger partial charge in [0.1, 0.15) is 17.3 Å². The molecule has 0 radical (unpaired) electrons. The number of rotatable bonds is 8. The Kier molecular flexibility index (Phi) is 6.55. The fraction of sp³-hybridized carbons (Fsp3) is 0.259. The van der Waals surface area contributed by atoms with E-state index in [-0.39, 0.29) is 17.4 Å². The molecule has 40 heavy (non-hydrogen) atoms. The van der Waals surface area contributed by atoms with Crippen LogP contribution in [0.3, 0.4) is 0 Å². The van der Waals surface area contributed by atoms with Crippen LogP contribution in [0.4, 0.5) is 20.3 Å². The molecule has 3 N–H and O–H groups in total. The molecule has 2 fully saturated rings. The van der Waals surface area contributed by atoms with Crippen molar-refractivity contribution in [3.63, 3.8) is 0 Å². The van der Waals surface area contributed by atoms with Crippen LogP contribution in [0.1, 0.15) is 41.6 Å². The molecule has 2 aliphatic rings. The molecular formula is C27H24F2N6O4S. The number of halogens is 2. The predicted octanol–water partition coefficient (Wildman–Crippen LogP) is 4.24. The topological polar surface area (TPSA) is 137 Å². The van der Waals surface area contributed by atoms with Crippen LogP contribution >= 0.6 is 0 Å². The number of ketones is 1. The molecule has 13 heteroatoms. The Morgan fingerprint density at radius 3 is 2.45 bits per heavy atom. The highest BCUT2D eigenvalue weighted by Gasteiger charge is 2.30. The minimum Gasteiger partial charge on any atom is -0.345 e. The van der Waals surface area contributed by atoms with E-state index in [2.05, 4.69) is 25.0 Å². The van der Waals surface area contributed by atoms with Crippen molar-refractivity contribution >= 4 is 44.4 Å². The van der Waals surface area contributed by atoms with Gasteiger partial charge < -0.3 is 10.3 Å². The van der Waals surface area contributed by atoms with Crippen molar-refractivity contribution < 1.29 is 26.8 Å². The van der Waals surface area contributed by atoms with Crippen molar-refractivity contribution in [1.82, 2.24) is 19.3 Å². The summed E-state index contributed by atoms with van der Waals surface area (Å²) in [6, 6.07) is 6.84. The number of hydrogen-bond donors (Lipinski definition) is 3. The molecule has 4 aromatic rings. The summed E-state index contributed by atoms with van der Waals surface area (Å²) in [5, 5.41) is 3.08. The fourth-order valence-corrected chi connectivity index (χ4v) is 5.97. The van der Waals surface area contributed by atoms with Gasteiger partial charge in [0.15, 0.2) is 5.82 Å². The first-order chi connectivity index (χ1) is 19.2. The largest absolute Gasteiger partial charge is 0.345 e. The monoisotopic (exact) mass is 566 g/mol. The highest BCUT2D eigenvalue weighted by Crippen LogP contribution is 2.32. The number of aromatic nitrogens is 3. The molecule has 4 heterocycles. The quantitative estimate of drug-likeness (QED) is 0.273. The van der Waals surface area contributed by atoms with Gasteiger partial charge in [-0.2, -0.15) is 12.7 Å². The minimum absolute atomic E-state index is 0.0389. The summed E-state index contributed by atoms with van der Waals surface area (Å²) in [4.78, 5) is 36.8. The van der Waals surface area contributed by atoms with Crippen LogP contribution in [0.15, 0.2) is 48.9 Å². The maximum atomic E-state index is 15.4. The number of H-pyrrole nitrogens is 1. The van der Waals surface area contributed by atoms with Crippen molar-refractivity contribution in [2.24, 2.45) is 5.92 Å². The van der Waals surface area contributed by atoms with Gasteiger partial charge in [-0.15, -0.1) is 0 Å². The number of nitrogens with one attached hydrogen (secondary N) is 3. The molecular weight excluding hydrogens is 542 g/mol. The average molecular weight is 567 g/mol. The Labute approximate surface area is 228 Å². The van der Waals surface area contributed by atoms with Crippen molar-refractivity contribution in [1.29, 1.82) is 0 Å². The number of pyridine rings is 2. The normalized spacial score (nSPS) is 15.8. The van der Waals surface area contributed by atoms with E-state index in [1.807, 2.05) is 0 Å². The summed E-state index contributed by atoms with van der Waals surface area (Å²) < 4.78 is 58.8. The lowest BCUT2D eigenvalue weighted by molar-refractivity contribution is -0.117. The summed E-state index contributed by atoms with van der Waals surface area (Å²) in [7, 11) is -4.06. The van der Waals surface area contributed by atoms with E-state index in [0.717, 1.165) is 25.0 Å². The van der Waals surface area contributed by atoms with Crippen LogP contribution in [0.2, 0.25) is 0 Å². The van der Waals surface area contributed by atoms with E-state index in [4.69, 9.17) is 0 Å². The minimum atomic E-state index is -4.06. The second-order valence-electron chi connectivity index (χ2n) is 9.84. The first-order valence-corrected chi connectivity index (χ1v) is 14.2. The third-order valence-corrected chi connectivity index (χ3v) is 8.56. The van der Waals surface area contributed by atoms with Gasteiger partial charge in [-0.05, 0) is 56.0 Å². The van der Waals surface area contributed by atoms with Gasteiger partial charge in [-0.1, -0.05) is 0 Å². The van der Waals surface area contributed by atoms with E-state index in [9.17, 15) is 22.4 Å². The van der Waals surface area contributed by atoms with Crippen LogP contribution in [-0.2, 0) is 15.0 Å². The van der Waals surface area contributed by atoms with E-state index in [1.54, 1.807) is 30.6 Å². The maximum absolute atomic E-state index is 15.4. The molecule has 0 atom stereocenters. The van der Waals surface area contributed by atoms with Crippen molar-refractivity contribution in [3.8, 4) is 11.1 Å². The number of aromatic amines is 1. The van der Waals surface area contributed by atoms with Gasteiger partial charge in [0.05, 0.1) is 11.3 Å². The highest BCUT2D eigenvalue weighted by molar-refractivity contribution is 7.90. The Morgan fingerprint density at radius 1 is 1.00 bits per heavy atom. The molecule has 1 saturated carbocycles. The summed E-state index contributed by atoms with van der Waals surface area (Å²) >= 11 is 0. The number of amides is 1. The zero-order chi connectivity index (χ0) is 28.0. The van der Waals surface area contributed by atoms with Crippen LogP contribution in [0.25, 0.3) is 22.2 Å². The fourth-order valence-electron chi connectivity index (χ4n) is 4.67. The molecule has 3 aromatic heterocycles. The van der Waals surface area contributed by atoms with Gasteiger partial charge in [-0.25, -0.2) is 18.7 Å². The van der Waals surface area contributed by atoms with Crippen molar-refractivity contribution in [2.45, 2.75) is 25.7 Å². The zero-order valence-corrected chi connectivity index (χ0v) is 21.9. The number of benzene rings is 1. The van der Waals surface area contributed by atoms with Crippen LogP contribution < -0.4 is 10.0 Å². The van der Waals surface area contributed by atoms with Gasteiger partial charge in [0.2, 0.25) is 11.7 Å². The smallest absolute Gasteiger partial charge is 0.301 e. The number of fused-ring (bicyclic) bond motifs is 1. The lowest BCUT2D eigenvalue weighted by atomic mass is 10.00.